The Morgan fingerprint density at radius 1 is 1.43 bits per heavy atom. The molecule has 1 N–H and O–H groups in total. The van der Waals surface area contributed by atoms with Gasteiger partial charge in [0.15, 0.2) is 15.1 Å². The molecule has 0 radical (unpaired) electrons. The maximum Gasteiger partial charge on any atom is 0.281 e. The summed E-state index contributed by atoms with van der Waals surface area (Å²) in [6.07, 6.45) is 1.55. The van der Waals surface area contributed by atoms with Crippen LogP contribution in [0.2, 0.25) is 5.15 Å². The van der Waals surface area contributed by atoms with E-state index in [1.165, 1.54) is 27.9 Å². The van der Waals surface area contributed by atoms with Gasteiger partial charge in [0, 0.05) is 16.0 Å². The van der Waals surface area contributed by atoms with Crippen LogP contribution < -0.4 is 4.72 Å². The van der Waals surface area contributed by atoms with E-state index in [2.05, 4.69) is 25.6 Å². The Kier molecular flexibility index (Phi) is 3.68. The summed E-state index contributed by atoms with van der Waals surface area (Å²) in [5.41, 5.74) is 0.0799. The van der Waals surface area contributed by atoms with E-state index < -0.39 is 15.8 Å². The molecule has 3 aromatic rings. The average Bonchev–Trinajstić information content (AvgIpc) is 2.92. The van der Waals surface area contributed by atoms with Gasteiger partial charge in [0.05, 0.1) is 5.69 Å². The van der Waals surface area contributed by atoms with E-state index in [1.54, 1.807) is 11.6 Å². The number of nitrogens with one attached hydrogen (secondary N) is 1. The number of benzene rings is 1. The normalized spacial score (nSPS) is 12.0. The number of anilines is 1. The zero-order valence-electron chi connectivity index (χ0n) is 10.0. The van der Waals surface area contributed by atoms with Gasteiger partial charge in [0.25, 0.3) is 10.0 Å². The van der Waals surface area contributed by atoms with Crippen molar-refractivity contribution in [1.29, 1.82) is 0 Å². The molecule has 2 heterocycles. The summed E-state index contributed by atoms with van der Waals surface area (Å²) in [4.78, 5) is 4.42. The average molecular weight is 411 g/mol. The third-order valence-electron chi connectivity index (χ3n) is 2.61. The first-order valence-corrected chi connectivity index (χ1v) is 9.01. The van der Waals surface area contributed by atoms with Gasteiger partial charge in [-0.2, -0.15) is 8.42 Å². The molecular weight excluding hydrogens is 405 g/mol. The van der Waals surface area contributed by atoms with E-state index in [-0.39, 0.29) is 15.9 Å². The molecule has 10 heteroatoms. The lowest BCUT2D eigenvalue weighted by Crippen LogP contribution is -2.15. The summed E-state index contributed by atoms with van der Waals surface area (Å²) in [7, 11) is -4.01. The number of nitrogens with zero attached hydrogens (tertiary/aromatic N) is 2. The van der Waals surface area contributed by atoms with Crippen molar-refractivity contribution in [2.24, 2.45) is 0 Å². The van der Waals surface area contributed by atoms with Crippen molar-refractivity contribution in [3.05, 3.63) is 45.2 Å². The number of aromatic nitrogens is 2. The van der Waals surface area contributed by atoms with Gasteiger partial charge in [-0.25, -0.2) is 9.37 Å². The summed E-state index contributed by atoms with van der Waals surface area (Å²) in [5.74, 6) is -0.559. The zero-order chi connectivity index (χ0) is 15.2. The van der Waals surface area contributed by atoms with Crippen molar-refractivity contribution in [1.82, 2.24) is 9.38 Å². The largest absolute Gasteiger partial charge is 0.281 e. The molecule has 110 valence electrons. The van der Waals surface area contributed by atoms with Crippen molar-refractivity contribution >= 4 is 59.5 Å². The summed E-state index contributed by atoms with van der Waals surface area (Å²) in [5, 5.41) is 1.37. The Labute approximate surface area is 136 Å². The minimum atomic E-state index is -4.01. The van der Waals surface area contributed by atoms with Crippen LogP contribution in [0.4, 0.5) is 10.1 Å². The molecule has 0 atom stereocenters. The minimum Gasteiger partial charge on any atom is -0.278 e. The van der Waals surface area contributed by atoms with E-state index in [0.29, 0.717) is 9.43 Å². The van der Waals surface area contributed by atoms with Gasteiger partial charge in [-0.05, 0) is 34.1 Å². The highest BCUT2D eigenvalue weighted by molar-refractivity contribution is 9.10. The molecule has 0 fully saturated rings. The molecule has 0 aliphatic rings. The van der Waals surface area contributed by atoms with Crippen molar-refractivity contribution < 1.29 is 12.8 Å². The number of imidazole rings is 1. The number of hydrogen-bond acceptors (Lipinski definition) is 4. The van der Waals surface area contributed by atoms with Crippen molar-refractivity contribution in [2.75, 3.05) is 4.72 Å². The molecule has 0 saturated heterocycles. The second-order valence-corrected chi connectivity index (χ2v) is 7.68. The highest BCUT2D eigenvalue weighted by atomic mass is 79.9. The van der Waals surface area contributed by atoms with Crippen LogP contribution in [0, 0.1) is 5.82 Å². The topological polar surface area (TPSA) is 63.5 Å². The smallest absolute Gasteiger partial charge is 0.278 e. The second-order valence-electron chi connectivity index (χ2n) is 3.99. The SMILES string of the molecule is O=S(=O)(Nc1cc(F)ccc1Br)c1c(Cl)nc2sccn12. The fraction of sp³-hybridized carbons (Fsp3) is 0. The summed E-state index contributed by atoms with van der Waals surface area (Å²) in [6.45, 7) is 0. The standard InChI is InChI=1S/C11H6BrClFN3O2S2/c12-7-2-1-6(14)5-8(7)16-21(18,19)10-9(13)15-11-17(10)3-4-20-11/h1-5,16H. The Bertz CT molecular complexity index is 938. The molecule has 2 aromatic heterocycles. The highest BCUT2D eigenvalue weighted by Gasteiger charge is 2.25. The number of fused-ring (bicyclic) bond motifs is 1. The maximum atomic E-state index is 13.2. The number of rotatable bonds is 3. The Hall–Kier alpha value is -1.16. The first-order chi connectivity index (χ1) is 9.88. The van der Waals surface area contributed by atoms with Gasteiger partial charge in [0.1, 0.15) is 5.82 Å². The minimum absolute atomic E-state index is 0.0799. The van der Waals surface area contributed by atoms with E-state index in [1.807, 2.05) is 0 Å². The molecule has 0 unspecified atom stereocenters. The fourth-order valence-corrected chi connectivity index (χ4v) is 4.75. The monoisotopic (exact) mass is 409 g/mol. The summed E-state index contributed by atoms with van der Waals surface area (Å²) < 4.78 is 42.3. The summed E-state index contributed by atoms with van der Waals surface area (Å²) in [6, 6.07) is 3.69. The molecule has 0 aliphatic carbocycles. The van der Waals surface area contributed by atoms with Crippen LogP contribution in [-0.4, -0.2) is 17.8 Å². The molecule has 0 spiro atoms. The predicted molar refractivity (Wildman–Crippen MR) is 83.0 cm³/mol. The third-order valence-corrected chi connectivity index (χ3v) is 5.82. The maximum absolute atomic E-state index is 13.2. The first-order valence-electron chi connectivity index (χ1n) is 5.47. The van der Waals surface area contributed by atoms with Gasteiger partial charge in [-0.1, -0.05) is 11.6 Å². The zero-order valence-corrected chi connectivity index (χ0v) is 14.0. The van der Waals surface area contributed by atoms with E-state index in [0.717, 1.165) is 6.07 Å². The van der Waals surface area contributed by atoms with E-state index in [9.17, 15) is 12.8 Å². The molecule has 0 amide bonds. The molecule has 1 aromatic carbocycles. The van der Waals surface area contributed by atoms with Crippen LogP contribution in [-0.2, 0) is 10.0 Å². The van der Waals surface area contributed by atoms with Crippen LogP contribution in [0.3, 0.4) is 0 Å². The van der Waals surface area contributed by atoms with Crippen LogP contribution in [0.1, 0.15) is 0 Å². The lowest BCUT2D eigenvalue weighted by molar-refractivity contribution is 0.596. The quantitative estimate of drug-likeness (QED) is 0.715. The number of sulfonamides is 1. The van der Waals surface area contributed by atoms with Gasteiger partial charge in [-0.15, -0.1) is 11.3 Å². The molecule has 3 rings (SSSR count). The van der Waals surface area contributed by atoms with Gasteiger partial charge >= 0.3 is 0 Å². The highest BCUT2D eigenvalue weighted by Crippen LogP contribution is 2.30. The molecule has 21 heavy (non-hydrogen) atoms. The Balaban J connectivity index is 2.10. The van der Waals surface area contributed by atoms with Gasteiger partial charge in [0.2, 0.25) is 0 Å². The first kappa shape index (κ1) is 14.8. The Morgan fingerprint density at radius 3 is 2.95 bits per heavy atom. The molecule has 0 aliphatic heterocycles. The van der Waals surface area contributed by atoms with Crippen molar-refractivity contribution in [3.63, 3.8) is 0 Å². The second kappa shape index (κ2) is 5.24. The van der Waals surface area contributed by atoms with Crippen molar-refractivity contribution in [2.45, 2.75) is 5.03 Å². The molecular formula is C11H6BrClFN3O2S2. The molecule has 0 saturated carbocycles. The van der Waals surface area contributed by atoms with E-state index in [4.69, 9.17) is 11.6 Å². The summed E-state index contributed by atoms with van der Waals surface area (Å²) >= 11 is 10.3. The lowest BCUT2D eigenvalue weighted by Gasteiger charge is -2.09. The van der Waals surface area contributed by atoms with Crippen LogP contribution in [0.25, 0.3) is 4.96 Å². The van der Waals surface area contributed by atoms with E-state index >= 15 is 0 Å². The number of thiazole rings is 1. The van der Waals surface area contributed by atoms with Crippen LogP contribution >= 0.6 is 38.9 Å². The van der Waals surface area contributed by atoms with Gasteiger partial charge in [-0.3, -0.25) is 9.12 Å². The molecule has 5 nitrogen and oxygen atoms in total. The Morgan fingerprint density at radius 2 is 2.19 bits per heavy atom. The van der Waals surface area contributed by atoms with Crippen molar-refractivity contribution in [3.8, 4) is 0 Å². The lowest BCUT2D eigenvalue weighted by atomic mass is 10.3. The fourth-order valence-electron chi connectivity index (χ4n) is 1.75. The number of hydrogen-bond donors (Lipinski definition) is 1. The van der Waals surface area contributed by atoms with Crippen LogP contribution in [0.5, 0.6) is 0 Å². The molecule has 0 bridgehead atoms. The van der Waals surface area contributed by atoms with Gasteiger partial charge < -0.3 is 0 Å². The third kappa shape index (κ3) is 2.66. The predicted octanol–water partition coefficient (Wildman–Crippen LogP) is 3.75. The number of halogens is 3. The van der Waals surface area contributed by atoms with Crippen LogP contribution in [0.15, 0.2) is 39.3 Å².